The third-order valence-electron chi connectivity index (χ3n) is 5.38. The van der Waals surface area contributed by atoms with E-state index in [4.69, 9.17) is 0 Å². The van der Waals surface area contributed by atoms with E-state index in [-0.39, 0.29) is 11.5 Å². The third-order valence-corrected chi connectivity index (χ3v) is 5.38. The van der Waals surface area contributed by atoms with Gasteiger partial charge in [-0.05, 0) is 105 Å². The molecule has 0 saturated heterocycles. The lowest BCUT2D eigenvalue weighted by molar-refractivity contribution is 0.455. The first-order valence-electron chi connectivity index (χ1n) is 10.8. The minimum Gasteiger partial charge on any atom is -0.508 e. The van der Waals surface area contributed by atoms with Crippen LogP contribution in [0, 0.1) is 0 Å². The average Bonchev–Trinajstić information content (AvgIpc) is 2.64. The van der Waals surface area contributed by atoms with Crippen molar-refractivity contribution < 1.29 is 10.2 Å². The summed E-state index contributed by atoms with van der Waals surface area (Å²) in [7, 11) is 0. The zero-order valence-electron chi connectivity index (χ0n) is 19.3. The fourth-order valence-corrected chi connectivity index (χ4v) is 3.24. The Labute approximate surface area is 178 Å². The number of phenolic OH excluding ortho intramolecular Hbond substituents is 2. The predicted molar refractivity (Wildman–Crippen MR) is 126 cm³/mol. The number of rotatable bonds is 11. The predicted octanol–water partition coefficient (Wildman–Crippen LogP) is 8.18. The van der Waals surface area contributed by atoms with Crippen LogP contribution in [0.15, 0.2) is 64.3 Å². The van der Waals surface area contributed by atoms with Crippen LogP contribution >= 0.6 is 0 Å². The van der Waals surface area contributed by atoms with Gasteiger partial charge in [-0.1, -0.05) is 46.1 Å². The Kier molecular flexibility index (Phi) is 11.2. The lowest BCUT2D eigenvalue weighted by Crippen LogP contribution is -1.92. The van der Waals surface area contributed by atoms with Crippen molar-refractivity contribution in [1.29, 1.82) is 0 Å². The molecule has 2 heteroatoms. The summed E-state index contributed by atoms with van der Waals surface area (Å²) in [5.74, 6) is 0.443. The minimum absolute atomic E-state index is 0.197. The van der Waals surface area contributed by atoms with E-state index in [1.165, 1.54) is 33.9 Å². The second kappa shape index (κ2) is 13.1. The molecule has 0 atom stereocenters. The first-order valence-corrected chi connectivity index (χ1v) is 10.8. The lowest BCUT2D eigenvalue weighted by Gasteiger charge is -2.10. The monoisotopic (exact) mass is 396 g/mol. The van der Waals surface area contributed by atoms with Crippen LogP contribution in [-0.4, -0.2) is 10.2 Å². The Morgan fingerprint density at radius 1 is 0.724 bits per heavy atom. The molecule has 0 unspecified atom stereocenters. The highest BCUT2D eigenvalue weighted by Gasteiger charge is 2.05. The summed E-state index contributed by atoms with van der Waals surface area (Å²) in [6.45, 7) is 13.0. The third kappa shape index (κ3) is 10.8. The van der Waals surface area contributed by atoms with E-state index in [2.05, 4.69) is 59.8 Å². The Morgan fingerprint density at radius 3 is 1.86 bits per heavy atom. The van der Waals surface area contributed by atoms with Crippen LogP contribution in [0.3, 0.4) is 0 Å². The van der Waals surface area contributed by atoms with E-state index >= 15 is 0 Å². The Bertz CT molecular complexity index is 772. The quantitative estimate of drug-likeness (QED) is 0.292. The fraction of sp³-hybridized carbons (Fsp3) is 0.481. The van der Waals surface area contributed by atoms with E-state index in [1.807, 2.05) is 0 Å². The van der Waals surface area contributed by atoms with Gasteiger partial charge in [-0.25, -0.2) is 0 Å². The standard InChI is InChI=1S/C27H40O2/c1-20(2)10-7-11-21(3)12-8-13-22(4)14-9-15-23(5)24(6)18-25-19-26(28)16-17-27(25)29/h10,12,14,16-17,19,28-29H,7-9,11,13,15,18H2,1-6H3/b21-12+,22-14+,24-23+. The summed E-state index contributed by atoms with van der Waals surface area (Å²) >= 11 is 0. The molecule has 0 spiro atoms. The second-order valence-corrected chi connectivity index (χ2v) is 8.55. The molecule has 0 fully saturated rings. The van der Waals surface area contributed by atoms with E-state index in [9.17, 15) is 10.2 Å². The van der Waals surface area contributed by atoms with Crippen molar-refractivity contribution in [2.45, 2.75) is 86.5 Å². The molecule has 0 radical (unpaired) electrons. The molecule has 1 rings (SSSR count). The molecule has 0 aliphatic carbocycles. The lowest BCUT2D eigenvalue weighted by atomic mass is 9.98. The summed E-state index contributed by atoms with van der Waals surface area (Å²) in [5, 5.41) is 19.6. The minimum atomic E-state index is 0.197. The molecule has 0 heterocycles. The van der Waals surface area contributed by atoms with Crippen molar-refractivity contribution in [3.05, 3.63) is 69.9 Å². The highest BCUT2D eigenvalue weighted by molar-refractivity contribution is 5.41. The topological polar surface area (TPSA) is 40.5 Å². The maximum atomic E-state index is 9.96. The maximum Gasteiger partial charge on any atom is 0.119 e. The van der Waals surface area contributed by atoms with Crippen LogP contribution < -0.4 is 0 Å². The first-order chi connectivity index (χ1) is 13.7. The van der Waals surface area contributed by atoms with Crippen LogP contribution in [0.5, 0.6) is 11.5 Å². The van der Waals surface area contributed by atoms with Crippen LogP contribution in [0.25, 0.3) is 0 Å². The van der Waals surface area contributed by atoms with Gasteiger partial charge in [0, 0.05) is 5.56 Å². The molecule has 0 aliphatic rings. The van der Waals surface area contributed by atoms with Crippen molar-refractivity contribution >= 4 is 0 Å². The van der Waals surface area contributed by atoms with E-state index in [0.717, 1.165) is 44.1 Å². The highest BCUT2D eigenvalue weighted by atomic mass is 16.3. The van der Waals surface area contributed by atoms with Gasteiger partial charge in [0.15, 0.2) is 0 Å². The molecule has 1 aromatic rings. The Morgan fingerprint density at radius 2 is 1.28 bits per heavy atom. The summed E-state index contributed by atoms with van der Waals surface area (Å²) in [6, 6.07) is 4.71. The average molecular weight is 397 g/mol. The fourth-order valence-electron chi connectivity index (χ4n) is 3.24. The molecule has 0 aromatic heterocycles. The van der Waals surface area contributed by atoms with Crippen LogP contribution in [0.2, 0.25) is 0 Å². The van der Waals surface area contributed by atoms with Gasteiger partial charge >= 0.3 is 0 Å². The second-order valence-electron chi connectivity index (χ2n) is 8.55. The van der Waals surface area contributed by atoms with E-state index in [1.54, 1.807) is 12.1 Å². The number of hydrogen-bond donors (Lipinski definition) is 2. The number of aromatic hydroxyl groups is 2. The summed E-state index contributed by atoms with van der Waals surface area (Å²) < 4.78 is 0. The van der Waals surface area contributed by atoms with Gasteiger partial charge in [-0.15, -0.1) is 0 Å². The smallest absolute Gasteiger partial charge is 0.119 e. The van der Waals surface area contributed by atoms with Gasteiger partial charge in [-0.3, -0.25) is 0 Å². The molecular formula is C27H40O2. The molecule has 2 N–H and O–H groups in total. The molecule has 29 heavy (non-hydrogen) atoms. The zero-order valence-corrected chi connectivity index (χ0v) is 19.3. The van der Waals surface area contributed by atoms with E-state index < -0.39 is 0 Å². The van der Waals surface area contributed by atoms with Crippen molar-refractivity contribution in [2.24, 2.45) is 0 Å². The first kappa shape index (κ1) is 24.8. The zero-order chi connectivity index (χ0) is 21.8. The van der Waals surface area contributed by atoms with Gasteiger partial charge in [-0.2, -0.15) is 0 Å². The van der Waals surface area contributed by atoms with Crippen LogP contribution in [-0.2, 0) is 6.42 Å². The molecule has 160 valence electrons. The van der Waals surface area contributed by atoms with Crippen molar-refractivity contribution in [1.82, 2.24) is 0 Å². The highest BCUT2D eigenvalue weighted by Crippen LogP contribution is 2.26. The molecule has 0 aliphatic heterocycles. The van der Waals surface area contributed by atoms with Crippen molar-refractivity contribution in [3.63, 3.8) is 0 Å². The molecule has 0 saturated carbocycles. The van der Waals surface area contributed by atoms with Gasteiger partial charge in [0.25, 0.3) is 0 Å². The van der Waals surface area contributed by atoms with Gasteiger partial charge in [0.1, 0.15) is 11.5 Å². The van der Waals surface area contributed by atoms with Gasteiger partial charge < -0.3 is 10.2 Å². The molecule has 1 aromatic carbocycles. The molecule has 0 amide bonds. The number of phenols is 2. The summed E-state index contributed by atoms with van der Waals surface area (Å²) in [5.41, 5.74) is 7.73. The van der Waals surface area contributed by atoms with Crippen molar-refractivity contribution in [3.8, 4) is 11.5 Å². The molecular weight excluding hydrogens is 356 g/mol. The van der Waals surface area contributed by atoms with Gasteiger partial charge in [0.2, 0.25) is 0 Å². The SMILES string of the molecule is CC(C)=CCC/C(C)=C/CC/C(C)=C/CC/C(C)=C(\C)Cc1cc(O)ccc1O. The normalized spacial score (nSPS) is 13.3. The van der Waals surface area contributed by atoms with Crippen LogP contribution in [0.1, 0.15) is 85.6 Å². The number of benzene rings is 1. The number of hydrogen-bond acceptors (Lipinski definition) is 2. The Balaban J connectivity index is 2.45. The summed E-state index contributed by atoms with van der Waals surface area (Å²) in [6.07, 6.45) is 14.3. The van der Waals surface area contributed by atoms with Crippen LogP contribution in [0.4, 0.5) is 0 Å². The maximum absolute atomic E-state index is 9.96. The van der Waals surface area contributed by atoms with Crippen molar-refractivity contribution in [2.75, 3.05) is 0 Å². The molecule has 2 nitrogen and oxygen atoms in total. The summed E-state index contributed by atoms with van der Waals surface area (Å²) in [4.78, 5) is 0. The van der Waals surface area contributed by atoms with E-state index in [0.29, 0.717) is 6.42 Å². The van der Waals surface area contributed by atoms with Gasteiger partial charge in [0.05, 0.1) is 0 Å². The number of allylic oxidation sites excluding steroid dienone is 8. The Hall–Kier alpha value is -2.22. The largest absolute Gasteiger partial charge is 0.508 e. The molecule has 0 bridgehead atoms.